The predicted molar refractivity (Wildman–Crippen MR) is 90.4 cm³/mol. The van der Waals surface area contributed by atoms with E-state index in [-0.39, 0.29) is 0 Å². The minimum Gasteiger partial charge on any atom is -0.505 e. The molecular weight excluding hydrogens is 316 g/mol. The summed E-state index contributed by atoms with van der Waals surface area (Å²) in [5.74, 6) is -2.78. The Morgan fingerprint density at radius 1 is 1.08 bits per heavy atom. The number of carbonyl (C=O) groups is 1. The van der Waals surface area contributed by atoms with Crippen molar-refractivity contribution >= 4 is 17.3 Å². The second-order valence-corrected chi connectivity index (χ2v) is 5.59. The van der Waals surface area contributed by atoms with Crippen LogP contribution in [0.2, 0.25) is 0 Å². The van der Waals surface area contributed by atoms with Gasteiger partial charge in [-0.3, -0.25) is 0 Å². The van der Waals surface area contributed by atoms with Gasteiger partial charge in [0.2, 0.25) is 5.76 Å². The van der Waals surface area contributed by atoms with Crippen molar-refractivity contribution in [2.45, 2.75) is 12.2 Å². The number of aliphatic hydroxyl groups is 4. The van der Waals surface area contributed by atoms with Crippen LogP contribution in [-0.2, 0) is 9.53 Å². The number of cyclic esters (lactones) is 1. The number of nitrogens with zero attached hydrogens (tertiary/aromatic N) is 2. The minimum atomic E-state index is -1.42. The molecule has 0 radical (unpaired) electrons. The average Bonchev–Trinajstić information content (AvgIpc) is 2.82. The molecule has 1 aliphatic heterocycles. The molecule has 1 aromatic rings. The molecule has 0 saturated heterocycles. The lowest BCUT2D eigenvalue weighted by Gasteiger charge is -2.22. The van der Waals surface area contributed by atoms with Crippen molar-refractivity contribution in [2.75, 3.05) is 44.6 Å². The summed E-state index contributed by atoms with van der Waals surface area (Å²) in [6.07, 6.45) is -2.78. The number of aliphatic hydroxyl groups excluding tert-OH is 4. The largest absolute Gasteiger partial charge is 0.505 e. The molecule has 0 bridgehead atoms. The van der Waals surface area contributed by atoms with Crippen molar-refractivity contribution < 1.29 is 30.0 Å². The summed E-state index contributed by atoms with van der Waals surface area (Å²) in [6.45, 7) is -0.671. The number of hydrogen-bond donors (Lipinski definition) is 4. The summed E-state index contributed by atoms with van der Waals surface area (Å²) >= 11 is 0. The quantitative estimate of drug-likeness (QED) is 0.583. The van der Waals surface area contributed by atoms with Crippen molar-refractivity contribution in [1.82, 2.24) is 0 Å². The first-order valence-corrected chi connectivity index (χ1v) is 7.26. The molecule has 134 valence electrons. The lowest BCUT2D eigenvalue weighted by molar-refractivity contribution is -0.147. The van der Waals surface area contributed by atoms with Crippen molar-refractivity contribution in [2.24, 2.45) is 0 Å². The van der Waals surface area contributed by atoms with Gasteiger partial charge in [-0.25, -0.2) is 4.79 Å². The van der Waals surface area contributed by atoms with Crippen LogP contribution in [-0.4, -0.2) is 73.4 Å². The number of hydrogen-bond acceptors (Lipinski definition) is 8. The van der Waals surface area contributed by atoms with E-state index in [0.29, 0.717) is 0 Å². The summed E-state index contributed by atoms with van der Waals surface area (Å²) in [4.78, 5) is 14.8. The Morgan fingerprint density at radius 2 is 1.54 bits per heavy atom. The summed E-state index contributed by atoms with van der Waals surface area (Å²) in [5.41, 5.74) is 2.50. The predicted octanol–water partition coefficient (Wildman–Crippen LogP) is 0.411. The third-order valence-corrected chi connectivity index (χ3v) is 3.32. The van der Waals surface area contributed by atoms with Gasteiger partial charge in [0.1, 0.15) is 6.10 Å². The van der Waals surface area contributed by atoms with Gasteiger partial charge in [0, 0.05) is 28.2 Å². The molecule has 0 amide bonds. The Morgan fingerprint density at radius 3 is 1.83 bits per heavy atom. The lowest BCUT2D eigenvalue weighted by Crippen LogP contribution is -2.31. The molecule has 2 atom stereocenters. The van der Waals surface area contributed by atoms with Crippen molar-refractivity contribution in [1.29, 1.82) is 0 Å². The first kappa shape index (κ1) is 19.6. The molecule has 0 fully saturated rings. The first-order valence-electron chi connectivity index (χ1n) is 7.26. The summed E-state index contributed by atoms with van der Waals surface area (Å²) in [7, 11) is 8.23. The van der Waals surface area contributed by atoms with Gasteiger partial charge in [-0.1, -0.05) is 12.1 Å². The van der Waals surface area contributed by atoms with Gasteiger partial charge < -0.3 is 35.0 Å². The molecule has 1 aromatic carbocycles. The molecule has 8 nitrogen and oxygen atoms in total. The van der Waals surface area contributed by atoms with Crippen molar-refractivity contribution in [3.63, 3.8) is 0 Å². The van der Waals surface area contributed by atoms with E-state index in [1.165, 1.54) is 11.4 Å². The molecule has 0 aromatic heterocycles. The maximum atomic E-state index is 10.5. The van der Waals surface area contributed by atoms with Gasteiger partial charge in [-0.2, -0.15) is 0 Å². The number of rotatable bonds is 4. The Hall–Kier alpha value is -2.45. The number of ether oxygens (including phenoxy) is 1. The normalized spacial score (nSPS) is 17.8. The summed E-state index contributed by atoms with van der Waals surface area (Å²) < 4.78 is 4.32. The van der Waals surface area contributed by atoms with Crippen LogP contribution in [0.1, 0.15) is 0 Å². The zero-order valence-electron chi connectivity index (χ0n) is 14.2. The molecule has 1 heterocycles. The van der Waals surface area contributed by atoms with E-state index < -0.39 is 36.3 Å². The highest BCUT2D eigenvalue weighted by molar-refractivity contribution is 5.89. The van der Waals surface area contributed by atoms with Gasteiger partial charge in [-0.15, -0.1) is 0 Å². The van der Waals surface area contributed by atoms with Crippen LogP contribution in [0.4, 0.5) is 11.4 Å². The Balaban J connectivity index is 0.000000240. The lowest BCUT2D eigenvalue weighted by atomic mass is 10.2. The number of anilines is 2. The van der Waals surface area contributed by atoms with Gasteiger partial charge >= 0.3 is 5.97 Å². The number of benzene rings is 1. The fraction of sp³-hybridized carbons (Fsp3) is 0.438. The van der Waals surface area contributed by atoms with E-state index in [4.69, 9.17) is 20.4 Å². The summed E-state index contributed by atoms with van der Waals surface area (Å²) in [6, 6.07) is 8.36. The van der Waals surface area contributed by atoms with Gasteiger partial charge in [0.05, 0.1) is 18.0 Å². The van der Waals surface area contributed by atoms with Crippen LogP contribution in [0.15, 0.2) is 35.8 Å². The van der Waals surface area contributed by atoms with E-state index in [1.54, 1.807) is 0 Å². The third-order valence-electron chi connectivity index (χ3n) is 3.32. The van der Waals surface area contributed by atoms with Crippen molar-refractivity contribution in [3.05, 3.63) is 35.8 Å². The van der Waals surface area contributed by atoms with Gasteiger partial charge in [-0.05, 0) is 12.1 Å². The molecule has 0 aliphatic carbocycles. The Labute approximate surface area is 140 Å². The van der Waals surface area contributed by atoms with E-state index in [0.717, 1.165) is 0 Å². The molecule has 24 heavy (non-hydrogen) atoms. The average molecular weight is 340 g/mol. The Bertz CT molecular complexity index is 573. The number of carbonyl (C=O) groups excluding carboxylic acids is 1. The smallest absolute Gasteiger partial charge is 0.377 e. The van der Waals surface area contributed by atoms with Crippen LogP contribution in [0.25, 0.3) is 0 Å². The highest BCUT2D eigenvalue weighted by atomic mass is 16.6. The third kappa shape index (κ3) is 4.53. The SMILES string of the molecule is CN(C)c1ccccc1N(C)C.O=C1O[C@H](C(O)CO)C(O)=C1O. The van der Waals surface area contributed by atoms with E-state index in [2.05, 4.69) is 67.0 Å². The maximum Gasteiger partial charge on any atom is 0.377 e. The van der Waals surface area contributed by atoms with E-state index in [1.807, 2.05) is 0 Å². The molecule has 1 aliphatic rings. The van der Waals surface area contributed by atoms with E-state index in [9.17, 15) is 4.79 Å². The standard InChI is InChI=1S/C10H16N2.C6H8O6/c1-11(2)9-7-5-6-8-10(9)12(3)4;7-1-2(8)5-3(9)4(10)6(11)12-5/h5-8H,1-4H3;2,5,7-10H,1H2/t;2?,5-/m.1/s1. The highest BCUT2D eigenvalue weighted by Gasteiger charge is 2.38. The second-order valence-electron chi connectivity index (χ2n) is 5.59. The molecular formula is C16H24N2O6. The molecule has 4 N–H and O–H groups in total. The molecule has 2 rings (SSSR count). The fourth-order valence-electron chi connectivity index (χ4n) is 2.04. The molecule has 0 spiro atoms. The number of esters is 1. The van der Waals surface area contributed by atoms with E-state index >= 15 is 0 Å². The first-order chi connectivity index (χ1) is 11.2. The molecule has 0 saturated carbocycles. The Kier molecular flexibility index (Phi) is 6.87. The maximum absolute atomic E-state index is 10.5. The van der Waals surface area contributed by atoms with Crippen LogP contribution in [0.3, 0.4) is 0 Å². The summed E-state index contributed by atoms with van der Waals surface area (Å²) in [5, 5.41) is 35.0. The van der Waals surface area contributed by atoms with Gasteiger partial charge in [0.15, 0.2) is 11.9 Å². The number of para-hydroxylation sites is 2. The van der Waals surface area contributed by atoms with Crippen LogP contribution >= 0.6 is 0 Å². The minimum absolute atomic E-state index is 0.671. The zero-order chi connectivity index (χ0) is 18.4. The second kappa shape index (κ2) is 8.42. The monoisotopic (exact) mass is 340 g/mol. The topological polar surface area (TPSA) is 114 Å². The van der Waals surface area contributed by atoms with Crippen LogP contribution in [0.5, 0.6) is 0 Å². The van der Waals surface area contributed by atoms with Crippen LogP contribution < -0.4 is 9.80 Å². The molecule has 8 heteroatoms. The molecule has 1 unspecified atom stereocenters. The zero-order valence-corrected chi connectivity index (χ0v) is 14.2. The highest BCUT2D eigenvalue weighted by Crippen LogP contribution is 2.25. The fourth-order valence-corrected chi connectivity index (χ4v) is 2.04. The van der Waals surface area contributed by atoms with Crippen molar-refractivity contribution in [3.8, 4) is 0 Å². The van der Waals surface area contributed by atoms with Gasteiger partial charge in [0.25, 0.3) is 0 Å². The van der Waals surface area contributed by atoms with Crippen LogP contribution in [0, 0.1) is 0 Å².